The van der Waals surface area contributed by atoms with Gasteiger partial charge in [-0.3, -0.25) is 4.79 Å². The van der Waals surface area contributed by atoms with E-state index >= 15 is 0 Å². The molecule has 0 saturated carbocycles. The number of carbonyl (C=O) groups excluding carboxylic acids is 1. The van der Waals surface area contributed by atoms with Crippen molar-refractivity contribution in [2.24, 2.45) is 0 Å². The molecule has 0 radical (unpaired) electrons. The average molecular weight is 338 g/mol. The zero-order valence-corrected chi connectivity index (χ0v) is 14.5. The van der Waals surface area contributed by atoms with Crippen LogP contribution in [-0.4, -0.2) is 34.2 Å². The van der Waals surface area contributed by atoms with Gasteiger partial charge in [0.2, 0.25) is 5.91 Å². The molecule has 1 aromatic carbocycles. The monoisotopic (exact) mass is 338 g/mol. The van der Waals surface area contributed by atoms with E-state index in [1.54, 1.807) is 11.6 Å². The fourth-order valence-corrected chi connectivity index (χ4v) is 2.67. The Hall–Kier alpha value is -2.89. The average Bonchev–Trinajstić information content (AvgIpc) is 2.98. The van der Waals surface area contributed by atoms with E-state index in [4.69, 9.17) is 4.74 Å². The second-order valence-corrected chi connectivity index (χ2v) is 6.03. The molecule has 6 nitrogen and oxygen atoms in total. The molecule has 0 aliphatic carbocycles. The van der Waals surface area contributed by atoms with Crippen LogP contribution in [-0.2, 0) is 17.6 Å². The molecule has 0 saturated heterocycles. The number of hydrogen-bond donors (Lipinski definition) is 1. The van der Waals surface area contributed by atoms with Crippen molar-refractivity contribution in [3.8, 4) is 5.75 Å². The van der Waals surface area contributed by atoms with Crippen molar-refractivity contribution in [2.45, 2.75) is 26.2 Å². The summed E-state index contributed by atoms with van der Waals surface area (Å²) in [6, 6.07) is 9.49. The van der Waals surface area contributed by atoms with E-state index in [-0.39, 0.29) is 5.91 Å². The summed E-state index contributed by atoms with van der Waals surface area (Å²) in [5.41, 5.74) is 3.89. The highest BCUT2D eigenvalue weighted by Gasteiger charge is 2.04. The van der Waals surface area contributed by atoms with E-state index in [2.05, 4.69) is 15.4 Å². The van der Waals surface area contributed by atoms with E-state index in [1.165, 1.54) is 0 Å². The molecule has 6 heteroatoms. The van der Waals surface area contributed by atoms with Crippen LogP contribution in [0.3, 0.4) is 0 Å². The molecule has 1 amide bonds. The van der Waals surface area contributed by atoms with Gasteiger partial charge in [-0.2, -0.15) is 5.10 Å². The summed E-state index contributed by atoms with van der Waals surface area (Å²) in [5, 5.41) is 7.32. The molecule has 3 rings (SSSR count). The number of benzene rings is 1. The summed E-state index contributed by atoms with van der Waals surface area (Å²) in [6.45, 7) is 2.60. The lowest BCUT2D eigenvalue weighted by Gasteiger charge is -2.06. The maximum absolute atomic E-state index is 12.0. The molecule has 0 atom stereocenters. The second-order valence-electron chi connectivity index (χ2n) is 6.03. The summed E-state index contributed by atoms with van der Waals surface area (Å²) >= 11 is 0. The fraction of sp³-hybridized carbons (Fsp3) is 0.316. The van der Waals surface area contributed by atoms with Crippen molar-refractivity contribution < 1.29 is 9.53 Å². The minimum Gasteiger partial charge on any atom is -0.497 e. The molecule has 0 bridgehead atoms. The summed E-state index contributed by atoms with van der Waals surface area (Å²) in [5.74, 6) is 0.823. The predicted molar refractivity (Wildman–Crippen MR) is 95.8 cm³/mol. The van der Waals surface area contributed by atoms with Gasteiger partial charge >= 0.3 is 0 Å². The smallest absolute Gasteiger partial charge is 0.224 e. The molecule has 130 valence electrons. The van der Waals surface area contributed by atoms with E-state index in [9.17, 15) is 4.79 Å². The van der Waals surface area contributed by atoms with Crippen LogP contribution < -0.4 is 10.1 Å². The number of fused-ring (bicyclic) bond motifs is 1. The maximum atomic E-state index is 12.0. The van der Waals surface area contributed by atoms with Gasteiger partial charge in [-0.15, -0.1) is 0 Å². The second kappa shape index (κ2) is 7.79. The van der Waals surface area contributed by atoms with Crippen molar-refractivity contribution in [1.82, 2.24) is 19.9 Å². The Morgan fingerprint density at radius 2 is 2.04 bits per heavy atom. The first kappa shape index (κ1) is 17.0. The molecule has 25 heavy (non-hydrogen) atoms. The fourth-order valence-electron chi connectivity index (χ4n) is 2.67. The summed E-state index contributed by atoms with van der Waals surface area (Å²) in [7, 11) is 1.63. The molecule has 0 spiro atoms. The third kappa shape index (κ3) is 4.56. The third-order valence-corrected chi connectivity index (χ3v) is 3.98. The lowest BCUT2D eigenvalue weighted by Crippen LogP contribution is -2.26. The zero-order valence-electron chi connectivity index (χ0n) is 14.5. The van der Waals surface area contributed by atoms with Gasteiger partial charge in [-0.05, 0) is 43.0 Å². The molecular formula is C19H22N4O2. The highest BCUT2D eigenvalue weighted by Crippen LogP contribution is 2.11. The third-order valence-electron chi connectivity index (χ3n) is 3.98. The lowest BCUT2D eigenvalue weighted by molar-refractivity contribution is -0.120. The molecule has 3 aromatic rings. The van der Waals surface area contributed by atoms with Gasteiger partial charge < -0.3 is 10.1 Å². The van der Waals surface area contributed by atoms with Crippen molar-refractivity contribution in [3.05, 3.63) is 59.5 Å². The number of ether oxygens (including phenoxy) is 1. The van der Waals surface area contributed by atoms with E-state index in [1.807, 2.05) is 49.6 Å². The number of nitrogens with one attached hydrogen (secondary N) is 1. The van der Waals surface area contributed by atoms with Crippen molar-refractivity contribution in [2.75, 3.05) is 13.7 Å². The molecular weight excluding hydrogens is 316 g/mol. The molecule has 0 aliphatic heterocycles. The van der Waals surface area contributed by atoms with Crippen LogP contribution in [0.2, 0.25) is 0 Å². The number of methoxy groups -OCH3 is 1. The first-order chi connectivity index (χ1) is 12.1. The van der Waals surface area contributed by atoms with Crippen LogP contribution in [0.15, 0.2) is 42.7 Å². The minimum absolute atomic E-state index is 0.0291. The van der Waals surface area contributed by atoms with E-state index < -0.39 is 0 Å². The molecule has 2 aromatic heterocycles. The number of carbonyl (C=O) groups is 1. The minimum atomic E-state index is 0.0291. The molecule has 0 aliphatic rings. The molecule has 0 unspecified atom stereocenters. The SMILES string of the molecule is COc1ccc(CC(=O)NCCCc2cnc3cc(C)nn3c2)cc1. The predicted octanol–water partition coefficient (Wildman–Crippen LogP) is 2.34. The van der Waals surface area contributed by atoms with Crippen LogP contribution >= 0.6 is 0 Å². The van der Waals surface area contributed by atoms with Gasteiger partial charge in [0.25, 0.3) is 0 Å². The summed E-state index contributed by atoms with van der Waals surface area (Å²) < 4.78 is 6.91. The maximum Gasteiger partial charge on any atom is 0.224 e. The van der Waals surface area contributed by atoms with Crippen LogP contribution in [0.25, 0.3) is 5.65 Å². The Labute approximate surface area is 146 Å². The van der Waals surface area contributed by atoms with Crippen LogP contribution in [0, 0.1) is 6.92 Å². The van der Waals surface area contributed by atoms with Crippen molar-refractivity contribution in [1.29, 1.82) is 0 Å². The van der Waals surface area contributed by atoms with E-state index in [0.717, 1.165) is 41.1 Å². The number of nitrogens with zero attached hydrogens (tertiary/aromatic N) is 3. The number of hydrogen-bond acceptors (Lipinski definition) is 4. The Bertz CT molecular complexity index is 855. The summed E-state index contributed by atoms with van der Waals surface area (Å²) in [6.07, 6.45) is 5.96. The van der Waals surface area contributed by atoms with Crippen molar-refractivity contribution in [3.63, 3.8) is 0 Å². The topological polar surface area (TPSA) is 68.5 Å². The lowest BCUT2D eigenvalue weighted by atomic mass is 10.1. The normalized spacial score (nSPS) is 10.8. The van der Waals surface area contributed by atoms with Crippen LogP contribution in [0.1, 0.15) is 23.2 Å². The zero-order chi connectivity index (χ0) is 17.6. The first-order valence-corrected chi connectivity index (χ1v) is 8.34. The Kier molecular flexibility index (Phi) is 5.28. The number of amides is 1. The quantitative estimate of drug-likeness (QED) is 0.672. The number of rotatable bonds is 7. The Balaban J connectivity index is 1.42. The molecule has 0 fully saturated rings. The van der Waals surface area contributed by atoms with Crippen LogP contribution in [0.4, 0.5) is 0 Å². The largest absolute Gasteiger partial charge is 0.497 e. The first-order valence-electron chi connectivity index (χ1n) is 8.34. The molecule has 1 N–H and O–H groups in total. The highest BCUT2D eigenvalue weighted by atomic mass is 16.5. The van der Waals surface area contributed by atoms with E-state index in [0.29, 0.717) is 13.0 Å². The summed E-state index contributed by atoms with van der Waals surface area (Å²) in [4.78, 5) is 16.4. The van der Waals surface area contributed by atoms with Gasteiger partial charge in [0.15, 0.2) is 5.65 Å². The molecule has 2 heterocycles. The highest BCUT2D eigenvalue weighted by molar-refractivity contribution is 5.78. The van der Waals surface area contributed by atoms with Gasteiger partial charge in [-0.1, -0.05) is 12.1 Å². The van der Waals surface area contributed by atoms with Gasteiger partial charge in [0.05, 0.1) is 19.2 Å². The van der Waals surface area contributed by atoms with Gasteiger partial charge in [0.1, 0.15) is 5.75 Å². The Morgan fingerprint density at radius 3 is 2.80 bits per heavy atom. The van der Waals surface area contributed by atoms with Crippen molar-refractivity contribution >= 4 is 11.6 Å². The van der Waals surface area contributed by atoms with Crippen LogP contribution in [0.5, 0.6) is 5.75 Å². The Morgan fingerprint density at radius 1 is 1.24 bits per heavy atom. The van der Waals surface area contributed by atoms with Gasteiger partial charge in [-0.25, -0.2) is 9.50 Å². The number of aryl methyl sites for hydroxylation is 2. The van der Waals surface area contributed by atoms with Gasteiger partial charge in [0, 0.05) is 25.0 Å². The standard InChI is InChI=1S/C19H22N4O2/c1-14-10-18-21-12-16(13-23(18)22-14)4-3-9-20-19(24)11-15-5-7-17(25-2)8-6-15/h5-8,10,12-13H,3-4,9,11H2,1-2H3,(H,20,24). The number of aromatic nitrogens is 3.